The van der Waals surface area contributed by atoms with Crippen LogP contribution in [-0.4, -0.2) is 0 Å². The average molecular weight is 686 g/mol. The van der Waals surface area contributed by atoms with Crippen molar-refractivity contribution in [2.75, 3.05) is 11.1 Å². The van der Waals surface area contributed by atoms with E-state index in [1.807, 2.05) is 60.7 Å². The molecule has 0 fully saturated rings. The molecule has 0 unspecified atom stereocenters. The molecule has 0 spiro atoms. The molecule has 0 heterocycles. The predicted octanol–water partition coefficient (Wildman–Crippen LogP) is 12.8. The number of nitrogens with one attached hydrogen (secondary N) is 1. The summed E-state index contributed by atoms with van der Waals surface area (Å²) in [6, 6.07) is 28.1. The van der Waals surface area contributed by atoms with Crippen molar-refractivity contribution in [3.05, 3.63) is 198 Å². The van der Waals surface area contributed by atoms with Crippen molar-refractivity contribution in [2.45, 2.75) is 0 Å². The molecule has 0 saturated heterocycles. The minimum absolute atomic E-state index is 0.0279. The van der Waals surface area contributed by atoms with Crippen molar-refractivity contribution in [1.82, 2.24) is 0 Å². The van der Waals surface area contributed by atoms with Crippen molar-refractivity contribution in [3.8, 4) is 22.3 Å². The lowest BCUT2D eigenvalue weighted by molar-refractivity contribution is 1.55. The molecule has 3 heteroatoms. The van der Waals surface area contributed by atoms with Gasteiger partial charge in [-0.2, -0.15) is 0 Å². The third-order valence-electron chi connectivity index (χ3n) is 6.79. The van der Waals surface area contributed by atoms with Crippen LogP contribution in [-0.2, 0) is 0 Å². The first kappa shape index (κ1) is 18.5. The molecular formula is C44H35BrN2. The van der Waals surface area contributed by atoms with E-state index in [0.717, 1.165) is 21.5 Å². The van der Waals surface area contributed by atoms with Crippen molar-refractivity contribution in [3.63, 3.8) is 0 Å². The van der Waals surface area contributed by atoms with Crippen LogP contribution in [0.3, 0.4) is 0 Å². The van der Waals surface area contributed by atoms with E-state index in [1.54, 1.807) is 48.5 Å². The average Bonchev–Trinajstić information content (AvgIpc) is 3.26. The second kappa shape index (κ2) is 15.6. The zero-order chi connectivity index (χ0) is 44.4. The summed E-state index contributed by atoms with van der Waals surface area (Å²) in [4.78, 5) is 0. The van der Waals surface area contributed by atoms with E-state index in [2.05, 4.69) is 21.2 Å². The van der Waals surface area contributed by atoms with E-state index < -0.39 is 24.2 Å². The van der Waals surface area contributed by atoms with Gasteiger partial charge in [-0.15, -0.1) is 0 Å². The van der Waals surface area contributed by atoms with E-state index in [4.69, 9.17) is 24.9 Å². The third kappa shape index (κ3) is 8.35. The Balaban J connectivity index is 0.000000179. The Morgan fingerprint density at radius 1 is 0.447 bits per heavy atom. The second-order valence-electron chi connectivity index (χ2n) is 9.99. The standard InChI is InChI=1S/C22H17N.C16H11Br.C6H7N/c1-2-9-19(10-3-1)23-20-15-13-18(14-16-20)22-12-6-8-17-7-4-5-11-21(17)22;17-14-10-8-13(9-11-14)16-7-3-5-12-4-1-2-6-15(12)16;7-6-4-2-1-3-5-6/h1-16,23H;1-11H;1-5H,7H2/i4D,5D,6D,7D,8D,11D,12D;1D,2D,3D,4D,5D,6D,7D;. The van der Waals surface area contributed by atoms with E-state index >= 15 is 0 Å². The Labute approximate surface area is 305 Å². The van der Waals surface area contributed by atoms with E-state index in [0.29, 0.717) is 11.1 Å². The van der Waals surface area contributed by atoms with Crippen molar-refractivity contribution >= 4 is 54.5 Å². The summed E-state index contributed by atoms with van der Waals surface area (Å²) in [5.41, 5.74) is 9.48. The van der Waals surface area contributed by atoms with Gasteiger partial charge in [-0.1, -0.05) is 161 Å². The molecule has 0 aliphatic heterocycles. The number of rotatable bonds is 4. The predicted molar refractivity (Wildman–Crippen MR) is 207 cm³/mol. The molecule has 2 nitrogen and oxygen atoms in total. The number of anilines is 3. The largest absolute Gasteiger partial charge is 0.399 e. The normalized spacial score (nSPS) is 14.5. The summed E-state index contributed by atoms with van der Waals surface area (Å²) in [6.45, 7) is 0. The minimum atomic E-state index is -0.452. The van der Waals surface area contributed by atoms with E-state index in [1.165, 1.54) is 0 Å². The molecule has 0 amide bonds. The van der Waals surface area contributed by atoms with Crippen LogP contribution in [0.1, 0.15) is 19.2 Å². The smallest absolute Gasteiger partial charge is 0.0629 e. The SMILES string of the molecule is Nc1ccccc1.[2H]c1c([2H])c([2H])c2c(-c3ccc(Br)cc3)c([2H])c([2H])c([2H])c2c1[2H].[2H]c1c([2H])c([2H])c2c(-c3ccc(Nc4ccccc4)cc3)c([2H])c([2H])c([2H])c2c1[2H]. The van der Waals surface area contributed by atoms with E-state index in [-0.39, 0.29) is 93.1 Å². The maximum absolute atomic E-state index is 8.40. The highest BCUT2D eigenvalue weighted by Crippen LogP contribution is 2.31. The second-order valence-corrected chi connectivity index (χ2v) is 10.9. The number of nitrogens with two attached hydrogens (primary N) is 1. The fraction of sp³-hybridized carbons (Fsp3) is 0. The molecular weight excluding hydrogens is 636 g/mol. The first-order chi connectivity index (χ1) is 29.0. The van der Waals surface area contributed by atoms with Crippen LogP contribution in [0.25, 0.3) is 43.8 Å². The van der Waals surface area contributed by atoms with Crippen LogP contribution >= 0.6 is 15.9 Å². The van der Waals surface area contributed by atoms with Crippen LogP contribution in [0.4, 0.5) is 17.1 Å². The van der Waals surface area contributed by atoms with Gasteiger partial charge in [0.05, 0.1) is 19.2 Å². The highest BCUT2D eigenvalue weighted by atomic mass is 79.9. The molecule has 0 radical (unpaired) electrons. The first-order valence-electron chi connectivity index (χ1n) is 21.4. The molecule has 8 aromatic carbocycles. The monoisotopic (exact) mass is 684 g/mol. The maximum Gasteiger partial charge on any atom is 0.0629 e. The van der Waals surface area contributed by atoms with Crippen LogP contribution in [0, 0.1) is 0 Å². The molecule has 0 aromatic heterocycles. The Hall–Kier alpha value is -5.64. The summed E-state index contributed by atoms with van der Waals surface area (Å²) >= 11 is 3.32. The van der Waals surface area contributed by atoms with Crippen LogP contribution in [0.15, 0.2) is 198 Å². The summed E-state index contributed by atoms with van der Waals surface area (Å²) in [5.74, 6) is 0. The zero-order valence-corrected chi connectivity index (χ0v) is 26.4. The number of halogens is 1. The lowest BCUT2D eigenvalue weighted by Crippen LogP contribution is -1.89. The molecule has 0 aliphatic carbocycles. The van der Waals surface area contributed by atoms with Gasteiger partial charge in [-0.25, -0.2) is 0 Å². The molecule has 0 atom stereocenters. The molecule has 8 aromatic rings. The molecule has 228 valence electrons. The Bertz CT molecular complexity index is 2920. The first-order valence-corrected chi connectivity index (χ1v) is 15.2. The molecule has 0 bridgehead atoms. The Kier molecular flexibility index (Phi) is 6.13. The number of para-hydroxylation sites is 2. The fourth-order valence-corrected chi connectivity index (χ4v) is 4.80. The molecule has 47 heavy (non-hydrogen) atoms. The van der Waals surface area contributed by atoms with Gasteiger partial charge in [0.2, 0.25) is 0 Å². The fourth-order valence-electron chi connectivity index (χ4n) is 4.54. The van der Waals surface area contributed by atoms with Crippen LogP contribution < -0.4 is 11.1 Å². The van der Waals surface area contributed by atoms with Crippen LogP contribution in [0.2, 0.25) is 0 Å². The van der Waals surface area contributed by atoms with Gasteiger partial charge in [-0.3, -0.25) is 0 Å². The summed E-state index contributed by atoms with van der Waals surface area (Å²) in [6.07, 6.45) is 0. The van der Waals surface area contributed by atoms with Crippen molar-refractivity contribution < 1.29 is 19.2 Å². The number of benzene rings is 8. The van der Waals surface area contributed by atoms with Gasteiger partial charge in [0.25, 0.3) is 0 Å². The number of nitrogen functional groups attached to an aromatic ring is 1. The Morgan fingerprint density at radius 2 is 0.872 bits per heavy atom. The molecule has 8 rings (SSSR count). The zero-order valence-electron chi connectivity index (χ0n) is 38.8. The highest BCUT2D eigenvalue weighted by Gasteiger charge is 2.04. The van der Waals surface area contributed by atoms with Gasteiger partial charge >= 0.3 is 0 Å². The van der Waals surface area contributed by atoms with Crippen molar-refractivity contribution in [1.29, 1.82) is 0 Å². The molecule has 0 saturated carbocycles. The topological polar surface area (TPSA) is 38.0 Å². The van der Waals surface area contributed by atoms with Gasteiger partial charge in [0.1, 0.15) is 0 Å². The number of hydrogen-bond acceptors (Lipinski definition) is 2. The molecule has 3 N–H and O–H groups in total. The van der Waals surface area contributed by atoms with Crippen molar-refractivity contribution in [2.24, 2.45) is 0 Å². The minimum Gasteiger partial charge on any atom is -0.399 e. The van der Waals surface area contributed by atoms with Gasteiger partial charge in [0, 0.05) is 21.5 Å². The van der Waals surface area contributed by atoms with E-state index in [9.17, 15) is 0 Å². The van der Waals surface area contributed by atoms with Gasteiger partial charge in [-0.05, 0) is 92.3 Å². The lowest BCUT2D eigenvalue weighted by Gasteiger charge is -2.09. The Morgan fingerprint density at radius 3 is 1.36 bits per heavy atom. The highest BCUT2D eigenvalue weighted by molar-refractivity contribution is 9.10. The molecule has 0 aliphatic rings. The number of fused-ring (bicyclic) bond motifs is 2. The van der Waals surface area contributed by atoms with Gasteiger partial charge < -0.3 is 11.1 Å². The quantitative estimate of drug-likeness (QED) is 0.181. The maximum atomic E-state index is 8.40. The summed E-state index contributed by atoms with van der Waals surface area (Å²) in [7, 11) is 0. The lowest BCUT2D eigenvalue weighted by atomic mass is 9.98. The summed E-state index contributed by atoms with van der Waals surface area (Å²) < 4.78 is 114. The number of hydrogen-bond donors (Lipinski definition) is 2. The summed E-state index contributed by atoms with van der Waals surface area (Å²) in [5, 5.41) is 3.39. The third-order valence-corrected chi connectivity index (χ3v) is 7.32. The van der Waals surface area contributed by atoms with Gasteiger partial charge in [0.15, 0.2) is 0 Å². The van der Waals surface area contributed by atoms with Crippen LogP contribution in [0.5, 0.6) is 0 Å².